The number of nitrogens with two attached hydrogens (primary N) is 1. The molecule has 0 spiro atoms. The first-order chi connectivity index (χ1) is 13.7. The number of anilines is 1. The standard InChI is InChI=1S/C22H29N3O3.HI/c1-26-18-11-12-21(27-2)20(14-18)25-22(23)24-15-16-7-6-10-19(13-16)28-17-8-4-3-5-9-17;/h6-7,10-14,17H,3-5,8-9,15H2,1-2H3,(H3,23,24,25);1H. The van der Waals surface area contributed by atoms with Gasteiger partial charge in [-0.2, -0.15) is 0 Å². The Kier molecular flexibility index (Phi) is 9.37. The number of aliphatic imine (C=N–C) groups is 1. The monoisotopic (exact) mass is 511 g/mol. The maximum atomic E-state index is 6.13. The van der Waals surface area contributed by atoms with Crippen LogP contribution >= 0.6 is 24.0 Å². The third-order valence-electron chi connectivity index (χ3n) is 4.85. The fraction of sp³-hybridized carbons (Fsp3) is 0.409. The molecule has 0 amide bonds. The lowest BCUT2D eigenvalue weighted by Crippen LogP contribution is -2.23. The van der Waals surface area contributed by atoms with E-state index in [1.54, 1.807) is 14.2 Å². The van der Waals surface area contributed by atoms with Gasteiger partial charge in [0.05, 0.1) is 32.6 Å². The normalized spacial score (nSPS) is 14.6. The van der Waals surface area contributed by atoms with Gasteiger partial charge >= 0.3 is 0 Å². The first kappa shape index (κ1) is 23.1. The van der Waals surface area contributed by atoms with Crippen LogP contribution in [-0.4, -0.2) is 26.3 Å². The molecule has 1 aliphatic rings. The van der Waals surface area contributed by atoms with Crippen molar-refractivity contribution in [3.63, 3.8) is 0 Å². The summed E-state index contributed by atoms with van der Waals surface area (Å²) < 4.78 is 16.7. The Labute approximate surface area is 189 Å². The van der Waals surface area contributed by atoms with Crippen LogP contribution in [0.2, 0.25) is 0 Å². The first-order valence-corrected chi connectivity index (χ1v) is 9.72. The van der Waals surface area contributed by atoms with Crippen molar-refractivity contribution in [1.82, 2.24) is 0 Å². The number of rotatable bonds is 7. The SMILES string of the molecule is COc1ccc(OC)c(NC(N)=NCc2cccc(OC3CCCCC3)c2)c1.I. The first-order valence-electron chi connectivity index (χ1n) is 9.72. The average Bonchev–Trinajstić information content (AvgIpc) is 2.73. The number of ether oxygens (including phenoxy) is 3. The van der Waals surface area contributed by atoms with Gasteiger partial charge in [-0.05, 0) is 55.5 Å². The Bertz CT molecular complexity index is 808. The van der Waals surface area contributed by atoms with Gasteiger partial charge in [0, 0.05) is 6.07 Å². The highest BCUT2D eigenvalue weighted by atomic mass is 127. The molecule has 6 nitrogen and oxygen atoms in total. The molecule has 29 heavy (non-hydrogen) atoms. The Morgan fingerprint density at radius 2 is 1.83 bits per heavy atom. The Morgan fingerprint density at radius 3 is 2.55 bits per heavy atom. The number of methoxy groups -OCH3 is 2. The van der Waals surface area contributed by atoms with Crippen molar-refractivity contribution in [3.8, 4) is 17.2 Å². The van der Waals surface area contributed by atoms with E-state index in [9.17, 15) is 0 Å². The topological polar surface area (TPSA) is 78.1 Å². The summed E-state index contributed by atoms with van der Waals surface area (Å²) in [6.45, 7) is 0.465. The van der Waals surface area contributed by atoms with Gasteiger partial charge in [0.2, 0.25) is 0 Å². The van der Waals surface area contributed by atoms with Gasteiger partial charge in [-0.1, -0.05) is 18.6 Å². The molecule has 0 aliphatic heterocycles. The summed E-state index contributed by atoms with van der Waals surface area (Å²) in [5, 5.41) is 3.08. The van der Waals surface area contributed by atoms with Crippen LogP contribution < -0.4 is 25.3 Å². The molecule has 0 radical (unpaired) electrons. The summed E-state index contributed by atoms with van der Waals surface area (Å²) in [7, 11) is 3.23. The van der Waals surface area contributed by atoms with Crippen LogP contribution in [0.5, 0.6) is 17.2 Å². The van der Waals surface area contributed by atoms with Crippen molar-refractivity contribution in [3.05, 3.63) is 48.0 Å². The summed E-state index contributed by atoms with van der Waals surface area (Å²) in [4.78, 5) is 4.44. The molecule has 0 aromatic heterocycles. The van der Waals surface area contributed by atoms with Gasteiger partial charge in [0.25, 0.3) is 0 Å². The highest BCUT2D eigenvalue weighted by Gasteiger charge is 2.14. The van der Waals surface area contributed by atoms with Crippen molar-refractivity contribution in [2.24, 2.45) is 10.7 Å². The van der Waals surface area contributed by atoms with Crippen molar-refractivity contribution in [2.45, 2.75) is 44.8 Å². The summed E-state index contributed by atoms with van der Waals surface area (Å²) in [6, 6.07) is 13.5. The lowest BCUT2D eigenvalue weighted by atomic mass is 9.98. The van der Waals surface area contributed by atoms with Gasteiger partial charge < -0.3 is 25.3 Å². The molecule has 1 aliphatic carbocycles. The van der Waals surface area contributed by atoms with Crippen LogP contribution in [0.25, 0.3) is 0 Å². The minimum Gasteiger partial charge on any atom is -0.497 e. The largest absolute Gasteiger partial charge is 0.497 e. The van der Waals surface area contributed by atoms with Crippen LogP contribution in [0.1, 0.15) is 37.7 Å². The maximum absolute atomic E-state index is 6.13. The minimum absolute atomic E-state index is 0. The van der Waals surface area contributed by atoms with Crippen LogP contribution in [0, 0.1) is 0 Å². The average molecular weight is 511 g/mol. The lowest BCUT2D eigenvalue weighted by molar-refractivity contribution is 0.155. The van der Waals surface area contributed by atoms with E-state index in [-0.39, 0.29) is 24.0 Å². The zero-order valence-corrected chi connectivity index (χ0v) is 19.3. The van der Waals surface area contributed by atoms with E-state index in [0.717, 1.165) is 24.2 Å². The zero-order chi connectivity index (χ0) is 19.8. The summed E-state index contributed by atoms with van der Waals surface area (Å²) in [5.74, 6) is 2.59. The number of guanidine groups is 1. The molecule has 0 saturated heterocycles. The van der Waals surface area contributed by atoms with E-state index in [2.05, 4.69) is 10.3 Å². The molecule has 1 fully saturated rings. The Morgan fingerprint density at radius 1 is 1.03 bits per heavy atom. The molecule has 3 rings (SSSR count). The number of hydrogen-bond donors (Lipinski definition) is 2. The summed E-state index contributed by atoms with van der Waals surface area (Å²) >= 11 is 0. The second-order valence-corrected chi connectivity index (χ2v) is 6.92. The number of nitrogens with zero attached hydrogens (tertiary/aromatic N) is 1. The number of hydrogen-bond acceptors (Lipinski definition) is 4. The molecular formula is C22H30IN3O3. The van der Waals surface area contributed by atoms with E-state index in [0.29, 0.717) is 35.8 Å². The molecular weight excluding hydrogens is 481 g/mol. The van der Waals surface area contributed by atoms with Crippen molar-refractivity contribution < 1.29 is 14.2 Å². The third-order valence-corrected chi connectivity index (χ3v) is 4.85. The minimum atomic E-state index is 0. The van der Waals surface area contributed by atoms with Crippen LogP contribution in [0.3, 0.4) is 0 Å². The Hall–Kier alpha value is -2.16. The maximum Gasteiger partial charge on any atom is 0.193 e. The number of nitrogens with one attached hydrogen (secondary N) is 1. The van der Waals surface area contributed by atoms with Gasteiger partial charge in [-0.15, -0.1) is 24.0 Å². The predicted octanol–water partition coefficient (Wildman–Crippen LogP) is 4.96. The van der Waals surface area contributed by atoms with Gasteiger partial charge in [0.1, 0.15) is 17.2 Å². The van der Waals surface area contributed by atoms with Crippen LogP contribution in [0.15, 0.2) is 47.5 Å². The quantitative estimate of drug-likeness (QED) is 0.312. The zero-order valence-electron chi connectivity index (χ0n) is 17.0. The van der Waals surface area contributed by atoms with Gasteiger partial charge in [-0.3, -0.25) is 0 Å². The Balaban J connectivity index is 0.00000300. The number of benzene rings is 2. The van der Waals surface area contributed by atoms with E-state index >= 15 is 0 Å². The van der Waals surface area contributed by atoms with Gasteiger partial charge in [-0.25, -0.2) is 4.99 Å². The summed E-state index contributed by atoms with van der Waals surface area (Å²) in [5.41, 5.74) is 7.82. The molecule has 7 heteroatoms. The highest BCUT2D eigenvalue weighted by molar-refractivity contribution is 14.0. The lowest BCUT2D eigenvalue weighted by Gasteiger charge is -2.23. The molecule has 2 aromatic rings. The molecule has 0 atom stereocenters. The highest BCUT2D eigenvalue weighted by Crippen LogP contribution is 2.29. The molecule has 0 bridgehead atoms. The molecule has 1 saturated carbocycles. The van der Waals surface area contributed by atoms with Crippen LogP contribution in [0.4, 0.5) is 5.69 Å². The summed E-state index contributed by atoms with van der Waals surface area (Å²) in [6.07, 6.45) is 6.44. The van der Waals surface area contributed by atoms with E-state index in [1.807, 2.05) is 42.5 Å². The third kappa shape index (κ3) is 6.99. The fourth-order valence-electron chi connectivity index (χ4n) is 3.36. The van der Waals surface area contributed by atoms with E-state index < -0.39 is 0 Å². The molecule has 158 valence electrons. The smallest absolute Gasteiger partial charge is 0.193 e. The van der Waals surface area contributed by atoms with E-state index in [1.165, 1.54) is 19.3 Å². The second kappa shape index (κ2) is 11.7. The molecule has 0 heterocycles. The molecule has 2 aromatic carbocycles. The molecule has 0 unspecified atom stereocenters. The van der Waals surface area contributed by atoms with Crippen molar-refractivity contribution in [1.29, 1.82) is 0 Å². The van der Waals surface area contributed by atoms with Crippen LogP contribution in [-0.2, 0) is 6.54 Å². The van der Waals surface area contributed by atoms with E-state index in [4.69, 9.17) is 19.9 Å². The molecule has 3 N–H and O–H groups in total. The number of halogens is 1. The fourth-order valence-corrected chi connectivity index (χ4v) is 3.36. The van der Waals surface area contributed by atoms with Gasteiger partial charge in [0.15, 0.2) is 5.96 Å². The van der Waals surface area contributed by atoms with Crippen molar-refractivity contribution in [2.75, 3.05) is 19.5 Å². The predicted molar refractivity (Wildman–Crippen MR) is 128 cm³/mol. The van der Waals surface area contributed by atoms with Crippen molar-refractivity contribution >= 4 is 35.6 Å². The second-order valence-electron chi connectivity index (χ2n) is 6.92.